The van der Waals surface area contributed by atoms with E-state index in [1.54, 1.807) is 0 Å². The Labute approximate surface area is 617 Å². The van der Waals surface area contributed by atoms with Gasteiger partial charge in [0.25, 0.3) is 0 Å². The summed E-state index contributed by atoms with van der Waals surface area (Å²) in [7, 11) is 0. The molecule has 107 heavy (non-hydrogen) atoms. The number of aliphatic hydroxyl groups is 20. The largest absolute Gasteiger partial charge is 0.432 e. The van der Waals surface area contributed by atoms with Crippen molar-refractivity contribution in [3.05, 3.63) is 11.6 Å². The molecule has 4 saturated carbocycles. The Morgan fingerprint density at radius 3 is 1.65 bits per heavy atom. The topological polar surface area (TPSA) is 580 Å². The summed E-state index contributed by atoms with van der Waals surface area (Å²) >= 11 is 0. The summed E-state index contributed by atoms with van der Waals surface area (Å²) < 4.78 is 85.8. The van der Waals surface area contributed by atoms with Crippen LogP contribution in [0, 0.1) is 50.2 Å². The number of esters is 1. The quantitative estimate of drug-likeness (QED) is 0.0306. The van der Waals surface area contributed by atoms with Gasteiger partial charge in [0, 0.05) is 12.3 Å². The summed E-state index contributed by atoms with van der Waals surface area (Å²) in [5.74, 6) is -3.09. The van der Waals surface area contributed by atoms with Crippen LogP contribution in [0.25, 0.3) is 0 Å². The first-order chi connectivity index (χ1) is 50.2. The molecule has 614 valence electrons. The lowest BCUT2D eigenvalue weighted by molar-refractivity contribution is -0.384. The van der Waals surface area contributed by atoms with Crippen molar-refractivity contribution in [3.8, 4) is 0 Å². The zero-order chi connectivity index (χ0) is 78.1. The molecule has 0 bridgehead atoms. The summed E-state index contributed by atoms with van der Waals surface area (Å²) in [5, 5.41) is 226. The second-order valence-electron chi connectivity index (χ2n) is 34.1. The number of aliphatic hydroxyl groups excluding tert-OH is 18. The highest BCUT2D eigenvalue weighted by molar-refractivity contribution is 5.80. The van der Waals surface area contributed by atoms with Gasteiger partial charge in [-0.05, 0) is 90.8 Å². The highest BCUT2D eigenvalue weighted by Gasteiger charge is 2.76. The molecule has 0 spiro atoms. The molecule has 7 heterocycles. The summed E-state index contributed by atoms with van der Waals surface area (Å²) in [4.78, 5) is 29.5. The van der Waals surface area contributed by atoms with Crippen LogP contribution in [0.15, 0.2) is 11.6 Å². The molecule has 7 saturated heterocycles. The number of nitrogens with one attached hydrogen (secondary N) is 1. The van der Waals surface area contributed by atoms with Gasteiger partial charge in [-0.2, -0.15) is 0 Å². The Morgan fingerprint density at radius 2 is 1.07 bits per heavy atom. The summed E-state index contributed by atoms with van der Waals surface area (Å²) in [6, 6.07) is -1.37. The van der Waals surface area contributed by atoms with E-state index in [2.05, 4.69) is 25.2 Å². The van der Waals surface area contributed by atoms with E-state index in [1.165, 1.54) is 6.92 Å². The minimum atomic E-state index is -2.37. The van der Waals surface area contributed by atoms with Gasteiger partial charge in [0.2, 0.25) is 12.2 Å². The number of amides is 1. The van der Waals surface area contributed by atoms with Gasteiger partial charge in [0.15, 0.2) is 43.8 Å². The van der Waals surface area contributed by atoms with Gasteiger partial charge in [0.05, 0.1) is 77.8 Å². The molecule has 0 aromatic heterocycles. The molecule has 1 amide bonds. The number of fused-ring (bicyclic) bond motifs is 7. The van der Waals surface area contributed by atoms with Gasteiger partial charge in [-0.1, -0.05) is 60.1 Å². The first-order valence-corrected chi connectivity index (χ1v) is 37.1. The average Bonchev–Trinajstić information content (AvgIpc) is 1.02. The molecule has 5 aliphatic carbocycles. The van der Waals surface area contributed by atoms with Crippen molar-refractivity contribution in [2.75, 3.05) is 59.5 Å². The zero-order valence-electron chi connectivity index (χ0n) is 61.1. The van der Waals surface area contributed by atoms with E-state index in [1.807, 2.05) is 34.6 Å². The predicted octanol–water partition coefficient (Wildman–Crippen LogP) is -7.92. The first-order valence-electron chi connectivity index (χ1n) is 37.1. The fourth-order valence-corrected chi connectivity index (χ4v) is 20.3. The lowest BCUT2D eigenvalue weighted by Crippen LogP contribution is -2.73. The van der Waals surface area contributed by atoms with Crippen LogP contribution in [0.1, 0.15) is 107 Å². The number of rotatable bonds is 20. The van der Waals surface area contributed by atoms with Crippen LogP contribution < -0.4 is 5.32 Å². The molecular weight excluding hydrogens is 1430 g/mol. The Morgan fingerprint density at radius 1 is 0.514 bits per heavy atom. The van der Waals surface area contributed by atoms with Crippen molar-refractivity contribution in [2.24, 2.45) is 50.2 Å². The minimum absolute atomic E-state index is 0.102. The normalized spacial score (nSPS) is 53.2. The second kappa shape index (κ2) is 31.2. The Kier molecular flexibility index (Phi) is 24.4. The van der Waals surface area contributed by atoms with Crippen molar-refractivity contribution in [1.29, 1.82) is 0 Å². The third kappa shape index (κ3) is 14.3. The van der Waals surface area contributed by atoms with Crippen LogP contribution in [-0.4, -0.2) is 369 Å². The highest BCUT2D eigenvalue weighted by Crippen LogP contribution is 2.76. The number of carbonyl (C=O) groups is 2. The molecule has 11 fully saturated rings. The van der Waals surface area contributed by atoms with Crippen LogP contribution in [0.4, 0.5) is 0 Å². The second-order valence-corrected chi connectivity index (χ2v) is 34.1. The number of ether oxygens (including phenoxy) is 14. The van der Waals surface area contributed by atoms with E-state index in [0.29, 0.717) is 37.7 Å². The maximum Gasteiger partial charge on any atom is 0.317 e. The lowest BCUT2D eigenvalue weighted by atomic mass is 9.32. The van der Waals surface area contributed by atoms with Crippen LogP contribution in [-0.2, 0) is 75.9 Å². The molecule has 37 nitrogen and oxygen atoms in total. The molecule has 37 heteroatoms. The Balaban J connectivity index is 0.853. The Hall–Kier alpha value is -2.64. The monoisotopic (exact) mass is 1540 g/mol. The number of allylic oxidation sites excluding steroid dienone is 1. The van der Waals surface area contributed by atoms with Gasteiger partial charge in [-0.15, -0.1) is 0 Å². The number of hydrogen-bond acceptors (Lipinski definition) is 36. The van der Waals surface area contributed by atoms with E-state index >= 15 is 4.79 Å². The molecular formula is C70H113NO36. The lowest BCUT2D eigenvalue weighted by Gasteiger charge is -2.72. The van der Waals surface area contributed by atoms with E-state index in [-0.39, 0.29) is 31.1 Å². The van der Waals surface area contributed by atoms with Crippen molar-refractivity contribution >= 4 is 11.9 Å². The van der Waals surface area contributed by atoms with Crippen molar-refractivity contribution in [2.45, 2.75) is 302 Å². The maximum atomic E-state index is 16.3. The molecule has 21 N–H and O–H groups in total. The molecule has 12 aliphatic rings. The van der Waals surface area contributed by atoms with Gasteiger partial charge >= 0.3 is 5.97 Å². The smallest absolute Gasteiger partial charge is 0.317 e. The van der Waals surface area contributed by atoms with Gasteiger partial charge in [-0.3, -0.25) is 9.59 Å². The SMILES string of the molecule is CC(=O)N[C@H]1[C@H](O[C@H]2CC[C@]3(C)[C@H]4CC=C5[C@@H]6CC(C)(C)CC[C@]6(C(=O)O[C@@H]6O[C@H](CO)[C@@H](O[C@@H]7O[C@H](CO)[C@@H](O)[C@H](O)[C@H]7O)[C@H](O[C@@H]7OC[C@](O)(CO)[C@H]7O)[C@H]6O[C@@H]6OC[C@](O)(CO)[C@H]6O)[C@H](O)[C@H](O)[C@@]5(C)[C@]4(C)CC[C@H]3C2(C)C)O[C@H](CO[C@H]2OC[C@@H](O)[C@@H](O)[C@H]2O)[C@@H](O)[C@@H]1O[C@@H]1OC[C@@H](O)[C@H](O)[C@H]1O. The third-order valence-electron chi connectivity index (χ3n) is 27.0. The van der Waals surface area contributed by atoms with Gasteiger partial charge in [-0.25, -0.2) is 0 Å². The van der Waals surface area contributed by atoms with E-state index in [0.717, 1.165) is 0 Å². The number of hydrogen-bond donors (Lipinski definition) is 21. The fourth-order valence-electron chi connectivity index (χ4n) is 20.3. The molecule has 39 atom stereocenters. The molecule has 0 unspecified atom stereocenters. The van der Waals surface area contributed by atoms with E-state index in [9.17, 15) is 107 Å². The van der Waals surface area contributed by atoms with Crippen molar-refractivity contribution in [1.82, 2.24) is 5.32 Å². The van der Waals surface area contributed by atoms with Crippen LogP contribution in [0.3, 0.4) is 0 Å². The van der Waals surface area contributed by atoms with Crippen molar-refractivity contribution < 1.29 is 178 Å². The highest BCUT2D eigenvalue weighted by atomic mass is 16.8. The fraction of sp³-hybridized carbons (Fsp3) is 0.943. The molecule has 0 radical (unpaired) electrons. The summed E-state index contributed by atoms with van der Waals surface area (Å²) in [6.07, 6.45) is -46.8. The van der Waals surface area contributed by atoms with Crippen LogP contribution >= 0.6 is 0 Å². The molecule has 12 rings (SSSR count). The summed E-state index contributed by atoms with van der Waals surface area (Å²) in [5.41, 5.74) is -10.1. The number of carbonyl (C=O) groups excluding carboxylic acids is 2. The standard InChI is InChI=1S/C70H113NO36/c1-27(76)71-38-48(104-57-45(85)40(80)31(78)21-95-57)42(82)34(22-96-56-44(84)39(79)30(77)20-94-56)101-55(38)102-37-12-13-65(6)35(64(37,4)5)11-14-66(7)36(65)10-9-28-29-17-63(2,3)15-16-70(29,52(88)51(87)67(28,66)8)62(91)107-59-50(106-61-54(90)69(93,24-75)26-98-61)49(105-60-53(89)68(92,23-74)25-97-60)47(33(19-73)100-59)103-58-46(86)43(83)41(81)32(18-72)99-58/h9,29-61,72-75,77-90,92-93H,10-26H2,1-8H3,(H,71,76)/t29-,30+,31+,32+,33+,34+,35-,36+,37-,38+,39+,40-,41+,42+,43-,44+,45+,46+,47+,48+,49-,50+,51-,52+,53-,54-,55-,56+,57-,58-,59-,60-,61-,65-,66+,67-,68+,69+,70+/m0/s1. The summed E-state index contributed by atoms with van der Waals surface area (Å²) in [6.45, 7) is 8.45. The van der Waals surface area contributed by atoms with Crippen molar-refractivity contribution in [3.63, 3.8) is 0 Å². The van der Waals surface area contributed by atoms with Gasteiger partial charge < -0.3 is 174 Å². The molecule has 0 aromatic carbocycles. The minimum Gasteiger partial charge on any atom is -0.432 e. The maximum absolute atomic E-state index is 16.3. The van der Waals surface area contributed by atoms with Gasteiger partial charge in [0.1, 0.15) is 133 Å². The Bertz CT molecular complexity index is 3120. The third-order valence-corrected chi connectivity index (χ3v) is 27.0. The molecule has 0 aromatic rings. The zero-order valence-corrected chi connectivity index (χ0v) is 61.1. The van der Waals surface area contributed by atoms with Crippen LogP contribution in [0.2, 0.25) is 0 Å². The molecule has 7 aliphatic heterocycles. The predicted molar refractivity (Wildman–Crippen MR) is 351 cm³/mol. The average molecular weight is 1540 g/mol. The first kappa shape index (κ1) is 83.8. The van der Waals surface area contributed by atoms with E-state index in [4.69, 9.17) is 66.3 Å². The van der Waals surface area contributed by atoms with Crippen LogP contribution in [0.5, 0.6) is 0 Å². The van der Waals surface area contributed by atoms with E-state index < -0.39 is 305 Å².